The molecule has 2 aromatic rings. The Bertz CT molecular complexity index is 1070. The van der Waals surface area contributed by atoms with Crippen LogP contribution in [0.25, 0.3) is 5.76 Å². The lowest BCUT2D eigenvalue weighted by Gasteiger charge is -2.26. The molecule has 1 fully saturated rings. The van der Waals surface area contributed by atoms with Gasteiger partial charge in [0, 0.05) is 12.1 Å². The predicted octanol–water partition coefficient (Wildman–Crippen LogP) is 4.41. The summed E-state index contributed by atoms with van der Waals surface area (Å²) < 4.78 is 11.2. The van der Waals surface area contributed by atoms with Gasteiger partial charge in [-0.05, 0) is 82.9 Å². The van der Waals surface area contributed by atoms with Crippen LogP contribution in [-0.2, 0) is 9.59 Å². The van der Waals surface area contributed by atoms with Gasteiger partial charge in [-0.15, -0.1) is 0 Å². The number of hydrogen-bond acceptors (Lipinski definition) is 6. The summed E-state index contributed by atoms with van der Waals surface area (Å²) in [6.07, 6.45) is 2.36. The van der Waals surface area contributed by atoms with E-state index in [4.69, 9.17) is 9.47 Å². The van der Waals surface area contributed by atoms with Crippen molar-refractivity contribution in [2.75, 3.05) is 33.8 Å². The van der Waals surface area contributed by atoms with Gasteiger partial charge in [-0.3, -0.25) is 9.59 Å². The second-order valence-electron chi connectivity index (χ2n) is 9.01. The summed E-state index contributed by atoms with van der Waals surface area (Å²) in [7, 11) is 3.92. The van der Waals surface area contributed by atoms with Crippen molar-refractivity contribution in [3.05, 3.63) is 77.9 Å². The van der Waals surface area contributed by atoms with Crippen LogP contribution in [0.4, 0.5) is 0 Å². The van der Waals surface area contributed by atoms with Crippen LogP contribution in [0.1, 0.15) is 37.4 Å². The van der Waals surface area contributed by atoms with Gasteiger partial charge in [0.2, 0.25) is 0 Å². The minimum atomic E-state index is -0.693. The number of hydrogen-bond donors (Lipinski definition) is 1. The molecule has 0 aliphatic carbocycles. The lowest BCUT2D eigenvalue weighted by molar-refractivity contribution is -0.139. The molecule has 1 saturated heterocycles. The van der Waals surface area contributed by atoms with E-state index in [9.17, 15) is 14.7 Å². The molecule has 1 aliphatic heterocycles. The van der Waals surface area contributed by atoms with Gasteiger partial charge < -0.3 is 24.4 Å². The van der Waals surface area contributed by atoms with Crippen LogP contribution in [0.5, 0.6) is 11.5 Å². The monoisotopic (exact) mass is 478 g/mol. The molecular weight excluding hydrogens is 444 g/mol. The standard InChI is InChI=1S/C28H34N2O5/c1-6-18-34-22-12-10-21(11-13-22)26(31)24-25(20-8-14-23(15-9-20)35-19(2)3)30(28(33)27(24)32)17-7-16-29(4)5/h6,8-15,19,25,31H,1,7,16-18H2,2-5H3/b26-24+. The maximum absolute atomic E-state index is 13.2. The van der Waals surface area contributed by atoms with Gasteiger partial charge >= 0.3 is 0 Å². The fourth-order valence-corrected chi connectivity index (χ4v) is 4.04. The molecule has 1 heterocycles. The molecule has 1 N–H and O–H groups in total. The second-order valence-corrected chi connectivity index (χ2v) is 9.01. The van der Waals surface area contributed by atoms with Crippen molar-refractivity contribution in [1.29, 1.82) is 0 Å². The highest BCUT2D eigenvalue weighted by Crippen LogP contribution is 2.40. The third-order valence-corrected chi connectivity index (χ3v) is 5.61. The van der Waals surface area contributed by atoms with Gasteiger partial charge in [-0.25, -0.2) is 0 Å². The maximum atomic E-state index is 13.2. The van der Waals surface area contributed by atoms with Gasteiger partial charge in [-0.1, -0.05) is 24.8 Å². The Kier molecular flexibility index (Phi) is 8.71. The molecule has 3 rings (SSSR count). The van der Waals surface area contributed by atoms with Crippen molar-refractivity contribution in [1.82, 2.24) is 9.80 Å². The van der Waals surface area contributed by atoms with Crippen molar-refractivity contribution in [2.24, 2.45) is 0 Å². The maximum Gasteiger partial charge on any atom is 0.295 e. The molecule has 0 bridgehead atoms. The van der Waals surface area contributed by atoms with E-state index in [1.54, 1.807) is 35.2 Å². The van der Waals surface area contributed by atoms with Crippen LogP contribution in [-0.4, -0.2) is 66.5 Å². The highest BCUT2D eigenvalue weighted by atomic mass is 16.5. The van der Waals surface area contributed by atoms with E-state index < -0.39 is 17.7 Å². The number of carbonyl (C=O) groups excluding carboxylic acids is 2. The topological polar surface area (TPSA) is 79.3 Å². The Morgan fingerprint density at radius 2 is 1.71 bits per heavy atom. The molecule has 186 valence electrons. The number of benzene rings is 2. The molecule has 0 saturated carbocycles. The first-order valence-corrected chi connectivity index (χ1v) is 11.8. The molecule has 0 spiro atoms. The van der Waals surface area contributed by atoms with Crippen LogP contribution in [0.2, 0.25) is 0 Å². The first-order chi connectivity index (χ1) is 16.7. The zero-order chi connectivity index (χ0) is 25.5. The smallest absolute Gasteiger partial charge is 0.295 e. The van der Waals surface area contributed by atoms with Crippen LogP contribution < -0.4 is 9.47 Å². The molecule has 1 unspecified atom stereocenters. The average Bonchev–Trinajstić information content (AvgIpc) is 3.07. The average molecular weight is 479 g/mol. The van der Waals surface area contributed by atoms with Gasteiger partial charge in [0.1, 0.15) is 23.9 Å². The fraction of sp³-hybridized carbons (Fsp3) is 0.357. The van der Waals surface area contributed by atoms with E-state index >= 15 is 0 Å². The summed E-state index contributed by atoms with van der Waals surface area (Å²) in [6.45, 7) is 9.04. The van der Waals surface area contributed by atoms with Gasteiger partial charge in [-0.2, -0.15) is 0 Å². The van der Waals surface area contributed by atoms with Gasteiger partial charge in [0.05, 0.1) is 17.7 Å². The minimum Gasteiger partial charge on any atom is -0.507 e. The SMILES string of the molecule is C=CCOc1ccc(/C(O)=C2\C(=O)C(=O)N(CCCN(C)C)C2c2ccc(OC(C)C)cc2)cc1. The molecule has 7 nitrogen and oxygen atoms in total. The minimum absolute atomic E-state index is 0.0240. The quantitative estimate of drug-likeness (QED) is 0.223. The summed E-state index contributed by atoms with van der Waals surface area (Å²) in [5, 5.41) is 11.2. The molecular formula is C28H34N2O5. The van der Waals surface area contributed by atoms with Crippen molar-refractivity contribution in [2.45, 2.75) is 32.4 Å². The van der Waals surface area contributed by atoms with Crippen molar-refractivity contribution in [3.8, 4) is 11.5 Å². The van der Waals surface area contributed by atoms with Gasteiger partial charge in [0.15, 0.2) is 0 Å². The Hall–Kier alpha value is -3.58. The number of ether oxygens (including phenoxy) is 2. The van der Waals surface area contributed by atoms with Crippen LogP contribution in [0.15, 0.2) is 66.8 Å². The van der Waals surface area contributed by atoms with Crippen molar-refractivity contribution in [3.63, 3.8) is 0 Å². The summed E-state index contributed by atoms with van der Waals surface area (Å²) in [5.74, 6) is -0.192. The van der Waals surface area contributed by atoms with Crippen LogP contribution >= 0.6 is 0 Å². The summed E-state index contributed by atoms with van der Waals surface area (Å²) in [4.78, 5) is 29.8. The number of carbonyl (C=O) groups is 2. The van der Waals surface area contributed by atoms with E-state index in [0.717, 1.165) is 12.1 Å². The number of nitrogens with zero attached hydrogens (tertiary/aromatic N) is 2. The number of rotatable bonds is 11. The van der Waals surface area contributed by atoms with Crippen LogP contribution in [0.3, 0.4) is 0 Å². The van der Waals surface area contributed by atoms with Crippen LogP contribution in [0, 0.1) is 0 Å². The number of amides is 1. The van der Waals surface area contributed by atoms with Crippen molar-refractivity contribution < 1.29 is 24.2 Å². The summed E-state index contributed by atoms with van der Waals surface area (Å²) in [5.41, 5.74) is 1.25. The lowest BCUT2D eigenvalue weighted by Crippen LogP contribution is -2.32. The molecule has 2 aromatic carbocycles. The van der Waals surface area contributed by atoms with E-state index in [-0.39, 0.29) is 17.4 Å². The first-order valence-electron chi connectivity index (χ1n) is 11.8. The van der Waals surface area contributed by atoms with E-state index in [0.29, 0.717) is 36.6 Å². The van der Waals surface area contributed by atoms with E-state index in [1.165, 1.54) is 0 Å². The summed E-state index contributed by atoms with van der Waals surface area (Å²) in [6, 6.07) is 13.4. The zero-order valence-corrected chi connectivity index (χ0v) is 20.9. The number of aliphatic hydroxyl groups excluding tert-OH is 1. The molecule has 0 aromatic heterocycles. The largest absolute Gasteiger partial charge is 0.507 e. The third-order valence-electron chi connectivity index (χ3n) is 5.61. The number of likely N-dealkylation sites (tertiary alicyclic amines) is 1. The van der Waals surface area contributed by atoms with E-state index in [2.05, 4.69) is 6.58 Å². The zero-order valence-electron chi connectivity index (χ0n) is 20.9. The fourth-order valence-electron chi connectivity index (χ4n) is 4.04. The number of Topliss-reactive ketones (excluding diaryl/α,β-unsaturated/α-hetero) is 1. The van der Waals surface area contributed by atoms with Gasteiger partial charge in [0.25, 0.3) is 11.7 Å². The highest BCUT2D eigenvalue weighted by molar-refractivity contribution is 6.46. The molecule has 7 heteroatoms. The summed E-state index contributed by atoms with van der Waals surface area (Å²) >= 11 is 0. The molecule has 1 atom stereocenters. The number of aliphatic hydroxyl groups is 1. The first kappa shape index (κ1) is 26.0. The Morgan fingerprint density at radius 3 is 2.29 bits per heavy atom. The normalized spacial score (nSPS) is 17.3. The Morgan fingerprint density at radius 1 is 1.09 bits per heavy atom. The Balaban J connectivity index is 2.01. The Labute approximate surface area is 207 Å². The molecule has 1 aliphatic rings. The molecule has 35 heavy (non-hydrogen) atoms. The lowest BCUT2D eigenvalue weighted by atomic mass is 9.95. The highest BCUT2D eigenvalue weighted by Gasteiger charge is 2.45. The molecule has 1 amide bonds. The molecule has 0 radical (unpaired) electrons. The van der Waals surface area contributed by atoms with E-state index in [1.807, 2.05) is 57.1 Å². The third kappa shape index (κ3) is 6.31. The number of ketones is 1. The van der Waals surface area contributed by atoms with Crippen molar-refractivity contribution >= 4 is 17.4 Å². The second kappa shape index (κ2) is 11.7. The predicted molar refractivity (Wildman–Crippen MR) is 137 cm³/mol.